The minimum Gasteiger partial charge on any atom is -0.453 e. The van der Waals surface area contributed by atoms with Gasteiger partial charge in [-0.15, -0.1) is 0 Å². The molecule has 168 valence electrons. The number of fused-ring (bicyclic) bond motifs is 1. The van der Waals surface area contributed by atoms with E-state index in [1.165, 1.54) is 5.56 Å². The first-order chi connectivity index (χ1) is 14.8. The molecule has 2 aliphatic rings. The van der Waals surface area contributed by atoms with Crippen molar-refractivity contribution < 1.29 is 34.6 Å². The second-order valence-corrected chi connectivity index (χ2v) is 8.70. The van der Waals surface area contributed by atoms with Crippen LogP contribution in [0.3, 0.4) is 0 Å². The molecule has 0 saturated carbocycles. The normalized spacial score (nSPS) is 27.7. The summed E-state index contributed by atoms with van der Waals surface area (Å²) in [7, 11) is 0. The third-order valence-electron chi connectivity index (χ3n) is 5.93. The predicted molar refractivity (Wildman–Crippen MR) is 114 cm³/mol. The van der Waals surface area contributed by atoms with Crippen LogP contribution in [-0.2, 0) is 11.2 Å². The summed E-state index contributed by atoms with van der Waals surface area (Å²) in [6.07, 6.45) is -5.90. The van der Waals surface area contributed by atoms with Crippen molar-refractivity contribution in [3.8, 4) is 11.5 Å². The average Bonchev–Trinajstić information content (AvgIpc) is 3.25. The monoisotopic (exact) mass is 450 g/mol. The van der Waals surface area contributed by atoms with Gasteiger partial charge in [0.1, 0.15) is 30.5 Å². The third-order valence-corrected chi connectivity index (χ3v) is 6.34. The Balaban J connectivity index is 1.71. The maximum Gasteiger partial charge on any atom is 0.231 e. The van der Waals surface area contributed by atoms with Crippen molar-refractivity contribution in [3.63, 3.8) is 0 Å². The van der Waals surface area contributed by atoms with Gasteiger partial charge in [-0.3, -0.25) is 0 Å². The highest BCUT2D eigenvalue weighted by molar-refractivity contribution is 6.33. The van der Waals surface area contributed by atoms with Crippen LogP contribution in [0.2, 0.25) is 5.02 Å². The molecule has 0 unspecified atom stereocenters. The first kappa shape index (κ1) is 22.3. The summed E-state index contributed by atoms with van der Waals surface area (Å²) in [5, 5.41) is 40.8. The van der Waals surface area contributed by atoms with Crippen molar-refractivity contribution in [1.82, 2.24) is 0 Å². The van der Waals surface area contributed by atoms with Crippen molar-refractivity contribution in [3.05, 3.63) is 57.6 Å². The van der Waals surface area contributed by atoms with E-state index >= 15 is 0 Å². The fourth-order valence-electron chi connectivity index (χ4n) is 4.06. The number of aliphatic hydroxyl groups is 4. The van der Waals surface area contributed by atoms with Crippen molar-refractivity contribution in [2.75, 3.05) is 13.4 Å². The van der Waals surface area contributed by atoms with Gasteiger partial charge >= 0.3 is 0 Å². The van der Waals surface area contributed by atoms with Gasteiger partial charge in [-0.2, -0.15) is 0 Å². The van der Waals surface area contributed by atoms with E-state index in [0.29, 0.717) is 34.4 Å². The van der Waals surface area contributed by atoms with E-state index in [9.17, 15) is 20.4 Å². The highest BCUT2D eigenvalue weighted by Crippen LogP contribution is 2.49. The fraction of sp³-hybridized carbons (Fsp3) is 0.478. The number of ether oxygens (including phenoxy) is 3. The van der Waals surface area contributed by atoms with E-state index in [2.05, 4.69) is 26.0 Å². The van der Waals surface area contributed by atoms with Crippen molar-refractivity contribution in [2.24, 2.45) is 0 Å². The van der Waals surface area contributed by atoms with Crippen LogP contribution in [0.25, 0.3) is 0 Å². The van der Waals surface area contributed by atoms with Gasteiger partial charge in [-0.05, 0) is 35.1 Å². The molecule has 7 nitrogen and oxygen atoms in total. The van der Waals surface area contributed by atoms with E-state index < -0.39 is 37.1 Å². The summed E-state index contributed by atoms with van der Waals surface area (Å²) < 4.78 is 16.9. The first-order valence-electron chi connectivity index (χ1n) is 10.3. The Kier molecular flexibility index (Phi) is 6.44. The van der Waals surface area contributed by atoms with Crippen LogP contribution in [0, 0.1) is 0 Å². The van der Waals surface area contributed by atoms with Gasteiger partial charge in [-0.1, -0.05) is 49.7 Å². The molecule has 31 heavy (non-hydrogen) atoms. The zero-order chi connectivity index (χ0) is 22.3. The van der Waals surface area contributed by atoms with Crippen LogP contribution in [-0.4, -0.2) is 58.2 Å². The molecule has 5 atom stereocenters. The fourth-order valence-corrected chi connectivity index (χ4v) is 4.32. The number of benzene rings is 2. The Hall–Kier alpha value is -1.87. The van der Waals surface area contributed by atoms with Gasteiger partial charge in [0.15, 0.2) is 11.5 Å². The maximum absolute atomic E-state index is 10.6. The maximum atomic E-state index is 10.6. The molecule has 8 heteroatoms. The highest BCUT2D eigenvalue weighted by atomic mass is 35.5. The van der Waals surface area contributed by atoms with Gasteiger partial charge in [0.25, 0.3) is 0 Å². The number of hydrogen-bond donors (Lipinski definition) is 4. The highest BCUT2D eigenvalue weighted by Gasteiger charge is 2.46. The summed E-state index contributed by atoms with van der Waals surface area (Å²) in [6.45, 7) is 3.72. The second kappa shape index (κ2) is 8.94. The molecule has 4 rings (SSSR count). The molecule has 0 spiro atoms. The quantitative estimate of drug-likeness (QED) is 0.553. The largest absolute Gasteiger partial charge is 0.453 e. The van der Waals surface area contributed by atoms with Gasteiger partial charge in [-0.25, -0.2) is 0 Å². The van der Waals surface area contributed by atoms with Crippen molar-refractivity contribution in [2.45, 2.75) is 56.7 Å². The second-order valence-electron chi connectivity index (χ2n) is 8.33. The van der Waals surface area contributed by atoms with Gasteiger partial charge in [0.2, 0.25) is 6.79 Å². The molecule has 2 heterocycles. The van der Waals surface area contributed by atoms with E-state index in [1.54, 1.807) is 6.07 Å². The van der Waals surface area contributed by atoms with Crippen LogP contribution in [0.4, 0.5) is 0 Å². The lowest BCUT2D eigenvalue weighted by Gasteiger charge is -2.40. The minimum atomic E-state index is -1.49. The van der Waals surface area contributed by atoms with Gasteiger partial charge in [0.05, 0.1) is 11.6 Å². The molecule has 0 aromatic heterocycles. The van der Waals surface area contributed by atoms with E-state index in [-0.39, 0.29) is 6.79 Å². The molecular formula is C23H27ClO7. The summed E-state index contributed by atoms with van der Waals surface area (Å²) in [4.78, 5) is 0. The zero-order valence-electron chi connectivity index (χ0n) is 17.4. The molecule has 0 aliphatic carbocycles. The summed E-state index contributed by atoms with van der Waals surface area (Å²) in [5.74, 6) is 1.11. The molecule has 4 N–H and O–H groups in total. The molecule has 2 aromatic rings. The number of rotatable bonds is 5. The Morgan fingerprint density at radius 2 is 1.68 bits per heavy atom. The number of aliphatic hydroxyl groups excluding tert-OH is 4. The molecule has 0 amide bonds. The zero-order valence-corrected chi connectivity index (χ0v) is 18.1. The smallest absolute Gasteiger partial charge is 0.231 e. The van der Waals surface area contributed by atoms with Gasteiger partial charge < -0.3 is 34.6 Å². The predicted octanol–water partition coefficient (Wildman–Crippen LogP) is 2.30. The molecule has 2 aliphatic heterocycles. The number of halogens is 1. The lowest BCUT2D eigenvalue weighted by Crippen LogP contribution is -2.55. The summed E-state index contributed by atoms with van der Waals surface area (Å²) in [5.41, 5.74) is 3.48. The van der Waals surface area contributed by atoms with Crippen molar-refractivity contribution in [1.29, 1.82) is 0 Å². The number of hydrogen-bond acceptors (Lipinski definition) is 7. The van der Waals surface area contributed by atoms with Crippen LogP contribution in [0.15, 0.2) is 30.3 Å². The van der Waals surface area contributed by atoms with Crippen molar-refractivity contribution >= 4 is 11.6 Å². The van der Waals surface area contributed by atoms with E-state index in [0.717, 1.165) is 11.1 Å². The third kappa shape index (κ3) is 4.14. The Labute approximate surface area is 185 Å². The van der Waals surface area contributed by atoms with Crippen LogP contribution >= 0.6 is 11.6 Å². The average molecular weight is 451 g/mol. The Morgan fingerprint density at radius 1 is 1.00 bits per heavy atom. The summed E-state index contributed by atoms with van der Waals surface area (Å²) in [6, 6.07) is 10.0. The van der Waals surface area contributed by atoms with Crippen LogP contribution in [0.5, 0.6) is 11.5 Å². The lowest BCUT2D eigenvalue weighted by atomic mass is 9.89. The van der Waals surface area contributed by atoms with Crippen LogP contribution < -0.4 is 9.47 Å². The molecular weight excluding hydrogens is 424 g/mol. The SMILES string of the molecule is CC(C)c1ccc(Cc2cc([C@@H]3O[C@H](CO)[C@@H](O)[C@H](O)[C@H]3O)c3c(c2Cl)OCO3)cc1. The Morgan fingerprint density at radius 3 is 2.32 bits per heavy atom. The van der Waals surface area contributed by atoms with Crippen LogP contribution in [0.1, 0.15) is 48.1 Å². The van der Waals surface area contributed by atoms with E-state index in [4.69, 9.17) is 25.8 Å². The standard InChI is InChI=1S/C23H27ClO7/c1-11(2)13-5-3-12(4-6-13)7-14-8-15(22-23(17(14)24)30-10-29-22)21-20(28)19(27)18(26)16(9-25)31-21/h3-6,8,11,16,18-21,25-28H,7,9-10H2,1-2H3/t16-,18-,19+,20-,21+/m1/s1. The molecule has 0 radical (unpaired) electrons. The molecule has 0 bridgehead atoms. The molecule has 1 saturated heterocycles. The first-order valence-corrected chi connectivity index (χ1v) is 10.7. The van der Waals surface area contributed by atoms with Gasteiger partial charge in [0, 0.05) is 5.56 Å². The summed E-state index contributed by atoms with van der Waals surface area (Å²) >= 11 is 6.60. The minimum absolute atomic E-state index is 0.0357. The lowest BCUT2D eigenvalue weighted by molar-refractivity contribution is -0.232. The molecule has 1 fully saturated rings. The van der Waals surface area contributed by atoms with E-state index in [1.807, 2.05) is 12.1 Å². The molecule has 2 aromatic carbocycles. The topological polar surface area (TPSA) is 109 Å². The Bertz CT molecular complexity index is 929.